The summed E-state index contributed by atoms with van der Waals surface area (Å²) in [5.74, 6) is 0.180. The molecule has 2 heterocycles. The van der Waals surface area contributed by atoms with Crippen molar-refractivity contribution in [3.05, 3.63) is 0 Å². The van der Waals surface area contributed by atoms with Crippen molar-refractivity contribution >= 4 is 11.8 Å². The summed E-state index contributed by atoms with van der Waals surface area (Å²) in [4.78, 5) is 28.1. The molecule has 0 aromatic carbocycles. The van der Waals surface area contributed by atoms with E-state index in [1.165, 1.54) is 0 Å². The monoisotopic (exact) mass is 294 g/mol. The number of hydrogen-bond acceptors (Lipinski definition) is 3. The molecule has 1 N–H and O–H groups in total. The first-order chi connectivity index (χ1) is 10.1. The lowest BCUT2D eigenvalue weighted by Crippen LogP contribution is -2.76. The van der Waals surface area contributed by atoms with Crippen LogP contribution in [0.1, 0.15) is 58.8 Å². The summed E-state index contributed by atoms with van der Waals surface area (Å²) in [5, 5.41) is 3.12. The van der Waals surface area contributed by atoms with Crippen LogP contribution < -0.4 is 5.32 Å². The molecule has 21 heavy (non-hydrogen) atoms. The SMILES string of the molecule is CCC1(CC)C(=O)NC2(CCCC2)C(=O)N1C1CCOC1. The lowest BCUT2D eigenvalue weighted by atomic mass is 9.79. The molecule has 0 radical (unpaired) electrons. The summed E-state index contributed by atoms with van der Waals surface area (Å²) in [6, 6.07) is 0.0564. The van der Waals surface area contributed by atoms with Crippen molar-refractivity contribution in [2.24, 2.45) is 0 Å². The van der Waals surface area contributed by atoms with Gasteiger partial charge in [-0.25, -0.2) is 0 Å². The van der Waals surface area contributed by atoms with Crippen LogP contribution in [0.25, 0.3) is 0 Å². The third-order valence-electron chi connectivity index (χ3n) is 5.76. The predicted molar refractivity (Wildman–Crippen MR) is 78.7 cm³/mol. The van der Waals surface area contributed by atoms with Crippen LogP contribution in [0.2, 0.25) is 0 Å². The first-order valence-electron chi connectivity index (χ1n) is 8.34. The maximum atomic E-state index is 13.3. The van der Waals surface area contributed by atoms with E-state index in [0.717, 1.165) is 32.1 Å². The number of carbonyl (C=O) groups is 2. The summed E-state index contributed by atoms with van der Waals surface area (Å²) in [7, 11) is 0. The molecule has 1 unspecified atom stereocenters. The molecule has 5 nitrogen and oxygen atoms in total. The van der Waals surface area contributed by atoms with Crippen molar-refractivity contribution in [2.75, 3.05) is 13.2 Å². The number of rotatable bonds is 3. The van der Waals surface area contributed by atoms with Crippen molar-refractivity contribution in [3.63, 3.8) is 0 Å². The van der Waals surface area contributed by atoms with E-state index < -0.39 is 11.1 Å². The van der Waals surface area contributed by atoms with Crippen LogP contribution in [0.5, 0.6) is 0 Å². The van der Waals surface area contributed by atoms with Crippen molar-refractivity contribution in [2.45, 2.75) is 75.9 Å². The van der Waals surface area contributed by atoms with Gasteiger partial charge < -0.3 is 15.0 Å². The van der Waals surface area contributed by atoms with Gasteiger partial charge in [0.15, 0.2) is 0 Å². The number of carbonyl (C=O) groups excluding carboxylic acids is 2. The highest BCUT2D eigenvalue weighted by Gasteiger charge is 2.59. The number of nitrogens with zero attached hydrogens (tertiary/aromatic N) is 1. The minimum Gasteiger partial charge on any atom is -0.379 e. The average molecular weight is 294 g/mol. The van der Waals surface area contributed by atoms with Crippen molar-refractivity contribution < 1.29 is 14.3 Å². The number of piperazine rings is 1. The molecule has 3 rings (SSSR count). The molecule has 3 fully saturated rings. The van der Waals surface area contributed by atoms with Gasteiger partial charge in [0.05, 0.1) is 12.6 Å². The van der Waals surface area contributed by atoms with Crippen LogP contribution in [-0.2, 0) is 14.3 Å². The van der Waals surface area contributed by atoms with Gasteiger partial charge in [-0.3, -0.25) is 9.59 Å². The first-order valence-corrected chi connectivity index (χ1v) is 8.34. The van der Waals surface area contributed by atoms with Crippen LogP contribution in [0.3, 0.4) is 0 Å². The van der Waals surface area contributed by atoms with Crippen LogP contribution in [0.15, 0.2) is 0 Å². The zero-order chi connectivity index (χ0) is 15.1. The number of hydrogen-bond donors (Lipinski definition) is 1. The number of amides is 2. The maximum Gasteiger partial charge on any atom is 0.249 e. The molecule has 118 valence electrons. The molecule has 3 aliphatic rings. The van der Waals surface area contributed by atoms with Crippen LogP contribution in [-0.4, -0.2) is 47.0 Å². The van der Waals surface area contributed by atoms with Gasteiger partial charge in [0.1, 0.15) is 11.1 Å². The fraction of sp³-hybridized carbons (Fsp3) is 0.875. The fourth-order valence-electron chi connectivity index (χ4n) is 4.39. The van der Waals surface area contributed by atoms with Gasteiger partial charge in [-0.1, -0.05) is 26.7 Å². The van der Waals surface area contributed by atoms with E-state index in [9.17, 15) is 9.59 Å². The normalized spacial score (nSPS) is 31.0. The maximum absolute atomic E-state index is 13.3. The number of nitrogens with one attached hydrogen (secondary N) is 1. The van der Waals surface area contributed by atoms with Crippen molar-refractivity contribution in [3.8, 4) is 0 Å². The summed E-state index contributed by atoms with van der Waals surface area (Å²) in [6.45, 7) is 5.26. The molecule has 1 atom stereocenters. The van der Waals surface area contributed by atoms with Crippen molar-refractivity contribution in [1.82, 2.24) is 10.2 Å². The van der Waals surface area contributed by atoms with E-state index in [4.69, 9.17) is 4.74 Å². The van der Waals surface area contributed by atoms with Crippen LogP contribution >= 0.6 is 0 Å². The van der Waals surface area contributed by atoms with Crippen molar-refractivity contribution in [1.29, 1.82) is 0 Å². The standard InChI is InChI=1S/C16H26N2O3/c1-3-16(4-2)13(19)17-15(8-5-6-9-15)14(20)18(16)12-7-10-21-11-12/h12H,3-11H2,1-2H3,(H,17,19). The highest BCUT2D eigenvalue weighted by Crippen LogP contribution is 2.41. The Kier molecular flexibility index (Phi) is 3.72. The van der Waals surface area contributed by atoms with E-state index in [2.05, 4.69) is 5.32 Å². The Morgan fingerprint density at radius 3 is 2.43 bits per heavy atom. The Bertz CT molecular complexity index is 433. The molecule has 0 aromatic heterocycles. The molecule has 0 bridgehead atoms. The minimum absolute atomic E-state index is 0.0425. The van der Waals surface area contributed by atoms with Gasteiger partial charge in [-0.15, -0.1) is 0 Å². The summed E-state index contributed by atoms with van der Waals surface area (Å²) in [5.41, 5.74) is -1.32. The number of ether oxygens (including phenoxy) is 1. The quantitative estimate of drug-likeness (QED) is 0.860. The Morgan fingerprint density at radius 2 is 1.90 bits per heavy atom. The van der Waals surface area contributed by atoms with Gasteiger partial charge in [0.2, 0.25) is 11.8 Å². The van der Waals surface area contributed by atoms with Gasteiger partial charge in [-0.2, -0.15) is 0 Å². The van der Waals surface area contributed by atoms with E-state index >= 15 is 0 Å². The lowest BCUT2D eigenvalue weighted by Gasteiger charge is -2.53. The highest BCUT2D eigenvalue weighted by molar-refractivity contribution is 6.02. The summed E-state index contributed by atoms with van der Waals surface area (Å²) >= 11 is 0. The molecule has 0 aromatic rings. The second kappa shape index (κ2) is 5.27. The topological polar surface area (TPSA) is 58.6 Å². The molecule has 1 aliphatic carbocycles. The molecule has 2 aliphatic heterocycles. The Labute approximate surface area is 126 Å². The molecular weight excluding hydrogens is 268 g/mol. The van der Waals surface area contributed by atoms with Gasteiger partial charge >= 0.3 is 0 Å². The zero-order valence-corrected chi connectivity index (χ0v) is 13.1. The molecule has 2 saturated heterocycles. The Hall–Kier alpha value is -1.10. The molecule has 5 heteroatoms. The van der Waals surface area contributed by atoms with E-state index in [1.807, 2.05) is 18.7 Å². The smallest absolute Gasteiger partial charge is 0.249 e. The highest BCUT2D eigenvalue weighted by atomic mass is 16.5. The third-order valence-corrected chi connectivity index (χ3v) is 5.76. The Morgan fingerprint density at radius 1 is 1.24 bits per heavy atom. The van der Waals surface area contributed by atoms with Gasteiger partial charge in [0, 0.05) is 6.61 Å². The second-order valence-electron chi connectivity index (χ2n) is 6.67. The van der Waals surface area contributed by atoms with Gasteiger partial charge in [0.25, 0.3) is 0 Å². The molecule has 1 saturated carbocycles. The summed E-state index contributed by atoms with van der Waals surface area (Å²) in [6.07, 6.45) is 5.77. The van der Waals surface area contributed by atoms with E-state index in [0.29, 0.717) is 26.1 Å². The molecule has 2 amide bonds. The fourth-order valence-corrected chi connectivity index (χ4v) is 4.39. The summed E-state index contributed by atoms with van der Waals surface area (Å²) < 4.78 is 5.50. The minimum atomic E-state index is -0.691. The van der Waals surface area contributed by atoms with Gasteiger partial charge in [-0.05, 0) is 32.1 Å². The largest absolute Gasteiger partial charge is 0.379 e. The third kappa shape index (κ3) is 2.00. The van der Waals surface area contributed by atoms with Crippen LogP contribution in [0.4, 0.5) is 0 Å². The second-order valence-corrected chi connectivity index (χ2v) is 6.67. The lowest BCUT2D eigenvalue weighted by molar-refractivity contribution is -0.167. The van der Waals surface area contributed by atoms with Crippen LogP contribution in [0, 0.1) is 0 Å². The average Bonchev–Trinajstić information content (AvgIpc) is 3.15. The predicted octanol–water partition coefficient (Wildman–Crippen LogP) is 1.61. The molecule has 1 spiro atoms. The zero-order valence-electron chi connectivity index (χ0n) is 13.1. The Balaban J connectivity index is 2.02. The molecular formula is C16H26N2O3. The van der Waals surface area contributed by atoms with E-state index in [1.54, 1.807) is 0 Å². The van der Waals surface area contributed by atoms with E-state index in [-0.39, 0.29) is 17.9 Å². The first kappa shape index (κ1) is 14.8.